The summed E-state index contributed by atoms with van der Waals surface area (Å²) in [6, 6.07) is 5.89. The van der Waals surface area contributed by atoms with E-state index < -0.39 is 222 Å². The summed E-state index contributed by atoms with van der Waals surface area (Å²) in [5.74, 6) is -17.0. The van der Waals surface area contributed by atoms with Crippen LogP contribution in [0.15, 0.2) is 53.6 Å². The van der Waals surface area contributed by atoms with Crippen LogP contribution in [0.5, 0.6) is 0 Å². The Labute approximate surface area is 567 Å². The van der Waals surface area contributed by atoms with E-state index in [0.29, 0.717) is 22.9 Å². The van der Waals surface area contributed by atoms with Crippen molar-refractivity contribution >= 4 is 122 Å². The Morgan fingerprint density at radius 1 is 0.804 bits per heavy atom. The van der Waals surface area contributed by atoms with Crippen LogP contribution in [0, 0.1) is 29.6 Å². The van der Waals surface area contributed by atoms with Crippen molar-refractivity contribution in [3.05, 3.63) is 59.7 Å². The second-order valence-corrected chi connectivity index (χ2v) is 28.2. The van der Waals surface area contributed by atoms with E-state index in [1.54, 1.807) is 70.3 Å². The number of anilines is 1. The Morgan fingerprint density at radius 3 is 2.12 bits per heavy atom. The molecule has 0 aliphatic carbocycles. The summed E-state index contributed by atoms with van der Waals surface area (Å²) in [4.78, 5) is 200. The fourth-order valence-corrected chi connectivity index (χ4v) is 14.2. The van der Waals surface area contributed by atoms with Crippen LogP contribution in [-0.4, -0.2) is 215 Å². The quantitative estimate of drug-likeness (QED) is 0.0592. The Kier molecular flexibility index (Phi) is 26.4. The van der Waals surface area contributed by atoms with Crippen LogP contribution in [0.25, 0.3) is 10.9 Å². The van der Waals surface area contributed by atoms with Gasteiger partial charge in [0.05, 0.1) is 65.7 Å². The number of H-pyrrole nitrogens is 1. The normalized spacial score (nSPS) is 25.9. The minimum Gasteiger partial charge on any atom is -0.394 e. The van der Waals surface area contributed by atoms with E-state index in [9.17, 15) is 68.1 Å². The largest absolute Gasteiger partial charge is 0.394 e. The number of hydrogen-bond acceptors (Lipinski definition) is 19. The van der Waals surface area contributed by atoms with E-state index in [0.717, 1.165) is 9.80 Å². The van der Waals surface area contributed by atoms with Crippen molar-refractivity contribution in [3.8, 4) is 0 Å². The number of benzene rings is 2. The van der Waals surface area contributed by atoms with Crippen molar-refractivity contribution in [3.63, 3.8) is 0 Å². The first-order chi connectivity index (χ1) is 45.9. The Morgan fingerprint density at radius 2 is 1.47 bits per heavy atom. The van der Waals surface area contributed by atoms with E-state index in [4.69, 9.17) is 0 Å². The number of aromatic amines is 1. The van der Waals surface area contributed by atoms with Crippen LogP contribution in [0.2, 0.25) is 0 Å². The molecule has 2 aromatic carbocycles. The number of hydrogen-bond donors (Lipinski definition) is 13. The van der Waals surface area contributed by atoms with Crippen LogP contribution in [0.1, 0.15) is 105 Å². The minimum atomic E-state index is -2.33. The molecule has 0 saturated carbocycles. The zero-order chi connectivity index (χ0) is 71.3. The number of amides is 12. The van der Waals surface area contributed by atoms with Crippen molar-refractivity contribution in [1.29, 1.82) is 0 Å². The summed E-state index contributed by atoms with van der Waals surface area (Å²) in [5.41, 5.74) is -0.823. The standard InChI is InChI=1S/C65H88N12O18S2/c1-9-33(4)56-60(91)68-27-52(85)71-44-31-97(95)62-42(41-12-10-11-13-43(41)72-62)20-37(58(89)67-28-53(86)74-56)22-49(82)65(7,34(5)47(81)30-78)75-59(90)45-24-40(79)29-77(45)63(93)38(21-46(44)80)23-51(84)66-26-36-14-16-39(17-15-36)70-57(88)35(6)69-61(92)55(32(2)3)73-50(83)18-19-76-54(87)25-48(96-8)64(76)94/h10-17,32-35,37-38,40,44-45,47-48,55-56,72,78-79,81H,9,18-31H2,1-8H3,(H,66,84)(H,67,89)(H,68,91)(H,69,92)(H,70,88)(H,71,85)(H,73,83)(H,74,86)(H,75,90)/t33-,34-,35-,37-,38-,40+,44-,45-,47-,48?,55?,56-,65-,97?/m0/s1. The van der Waals surface area contributed by atoms with E-state index in [1.165, 1.54) is 44.7 Å². The first kappa shape index (κ1) is 75.9. The van der Waals surface area contributed by atoms with Gasteiger partial charge in [0.15, 0.2) is 11.6 Å². The lowest BCUT2D eigenvalue weighted by atomic mass is 9.76. The molecule has 14 atom stereocenters. The van der Waals surface area contributed by atoms with Crippen LogP contribution < -0.4 is 47.9 Å². The molecule has 5 heterocycles. The molecule has 7 rings (SSSR count). The Hall–Kier alpha value is -8.46. The van der Waals surface area contributed by atoms with Crippen molar-refractivity contribution in [1.82, 2.24) is 57.3 Å². The van der Waals surface area contributed by atoms with Gasteiger partial charge in [0.1, 0.15) is 34.7 Å². The molecule has 2 fully saturated rings. The van der Waals surface area contributed by atoms with E-state index in [-0.39, 0.29) is 60.4 Å². The summed E-state index contributed by atoms with van der Waals surface area (Å²) < 4.78 is 15.1. The highest BCUT2D eigenvalue weighted by atomic mass is 32.2. The fraction of sp³-hybridized carbons (Fsp3) is 0.569. The van der Waals surface area contributed by atoms with Gasteiger partial charge in [0, 0.05) is 86.6 Å². The predicted octanol–water partition coefficient (Wildman–Crippen LogP) is -1.76. The number of rotatable bonds is 19. The molecule has 1 aromatic heterocycles. The third kappa shape index (κ3) is 19.0. The van der Waals surface area contributed by atoms with Crippen molar-refractivity contribution in [2.75, 3.05) is 50.1 Å². The van der Waals surface area contributed by atoms with Crippen molar-refractivity contribution < 1.29 is 86.7 Å². The lowest BCUT2D eigenvalue weighted by Gasteiger charge is -2.39. The average Bonchev–Trinajstić information content (AvgIpc) is 1.74. The molecule has 528 valence electrons. The van der Waals surface area contributed by atoms with Gasteiger partial charge in [-0.2, -0.15) is 11.8 Å². The lowest BCUT2D eigenvalue weighted by molar-refractivity contribution is -0.147. The number of Topliss-reactive ketones (excluding diaryl/α,β-unsaturated/α-hetero) is 2. The maximum Gasteiger partial charge on any atom is 0.246 e. The predicted molar refractivity (Wildman–Crippen MR) is 353 cm³/mol. The van der Waals surface area contributed by atoms with Crippen LogP contribution in [-0.2, 0) is 90.9 Å². The molecule has 30 nitrogen and oxygen atoms in total. The number of thioether (sulfide) groups is 1. The summed E-state index contributed by atoms with van der Waals surface area (Å²) in [7, 11) is -2.33. The minimum absolute atomic E-state index is 0.0372. The number of para-hydroxylation sites is 1. The van der Waals surface area contributed by atoms with E-state index >= 15 is 18.6 Å². The number of likely N-dealkylation sites (tertiary alicyclic amines) is 1. The first-order valence-electron chi connectivity index (χ1n) is 32.3. The fourth-order valence-electron chi connectivity index (χ4n) is 12.1. The van der Waals surface area contributed by atoms with Gasteiger partial charge in [-0.1, -0.05) is 71.4 Å². The summed E-state index contributed by atoms with van der Waals surface area (Å²) in [6.45, 7) is 7.55. The monoisotopic (exact) mass is 1390 g/mol. The van der Waals surface area contributed by atoms with Crippen LogP contribution in [0.3, 0.4) is 0 Å². The smallest absolute Gasteiger partial charge is 0.246 e. The number of carbonyl (C=O) groups is 14. The molecule has 3 aromatic rings. The van der Waals surface area contributed by atoms with Gasteiger partial charge in [0.2, 0.25) is 70.9 Å². The number of nitrogens with one attached hydrogen (secondary N) is 10. The molecule has 12 amide bonds. The average molecular weight is 1390 g/mol. The maximum absolute atomic E-state index is 15.2. The number of imide groups is 1. The number of fused-ring (bicyclic) bond motifs is 5. The van der Waals surface area contributed by atoms with Gasteiger partial charge in [-0.25, -0.2) is 0 Å². The van der Waals surface area contributed by atoms with Gasteiger partial charge >= 0.3 is 0 Å². The molecular formula is C65H88N12O18S2. The molecule has 3 unspecified atom stereocenters. The molecule has 97 heavy (non-hydrogen) atoms. The third-order valence-corrected chi connectivity index (χ3v) is 20.8. The first-order valence-corrected chi connectivity index (χ1v) is 34.9. The Balaban J connectivity index is 1.15. The van der Waals surface area contributed by atoms with Gasteiger partial charge in [-0.15, -0.1) is 0 Å². The summed E-state index contributed by atoms with van der Waals surface area (Å²) >= 11 is 1.24. The maximum atomic E-state index is 15.2. The number of nitrogens with zero attached hydrogens (tertiary/aromatic N) is 2. The van der Waals surface area contributed by atoms with Gasteiger partial charge in [-0.3, -0.25) is 76.2 Å². The van der Waals surface area contributed by atoms with Crippen LogP contribution >= 0.6 is 11.8 Å². The topological polar surface area (TPSA) is 447 Å². The van der Waals surface area contributed by atoms with Gasteiger partial charge in [0.25, 0.3) is 0 Å². The van der Waals surface area contributed by atoms with E-state index in [2.05, 4.69) is 52.8 Å². The summed E-state index contributed by atoms with van der Waals surface area (Å²) in [6.07, 6.45) is -4.40. The molecule has 0 spiro atoms. The highest BCUT2D eigenvalue weighted by Gasteiger charge is 2.49. The molecule has 4 aliphatic rings. The third-order valence-electron chi connectivity index (χ3n) is 18.5. The lowest BCUT2D eigenvalue weighted by Crippen LogP contribution is -2.63. The van der Waals surface area contributed by atoms with Crippen molar-refractivity contribution in [2.45, 2.75) is 165 Å². The number of aliphatic hydroxyl groups is 3. The number of aromatic nitrogens is 1. The molecule has 2 saturated heterocycles. The second kappa shape index (κ2) is 33.7. The molecule has 2 bridgehead atoms. The second-order valence-electron chi connectivity index (χ2n) is 25.7. The molecule has 13 N–H and O–H groups in total. The van der Waals surface area contributed by atoms with E-state index in [1.807, 2.05) is 0 Å². The highest BCUT2D eigenvalue weighted by molar-refractivity contribution is 8.00. The Bertz CT molecular complexity index is 3550. The number of aliphatic hydroxyl groups excluding tert-OH is 3. The number of carbonyl (C=O) groups excluding carboxylic acids is 14. The summed E-state index contributed by atoms with van der Waals surface area (Å²) in [5, 5.41) is 55.9. The van der Waals surface area contributed by atoms with Crippen LogP contribution in [0.4, 0.5) is 5.69 Å². The zero-order valence-electron chi connectivity index (χ0n) is 55.4. The number of ketones is 2. The SMILES string of the molecule is CC[C@H](C)[C@@H]1NC(=O)CNC(=O)[C@@H]2CC(=O)[C@](C)([C@@H](C)[C@@H](O)CO)NC(=O)[C@@H]3C[C@@H](O)CN3C(=O)[C@H](CC(=O)NCc3ccc(NC(=O)[C@H](C)NC(=O)C(NC(=O)CCN4C(=O)CC(SC)C4=O)C(C)C)cc3)CC(=O)[C@H](CS(=O)c3[nH]c4ccccc4c3C2)NC(=O)CNC1=O. The highest BCUT2D eigenvalue weighted by Crippen LogP contribution is 2.34. The molecule has 32 heteroatoms. The zero-order valence-corrected chi connectivity index (χ0v) is 57.0. The van der Waals surface area contributed by atoms with Gasteiger partial charge < -0.3 is 73.1 Å². The van der Waals surface area contributed by atoms with Crippen molar-refractivity contribution in [2.24, 2.45) is 29.6 Å². The molecule has 4 aliphatic heterocycles. The molecule has 0 radical (unpaired) electrons. The van der Waals surface area contributed by atoms with Gasteiger partial charge in [-0.05, 0) is 67.7 Å². The molecular weight excluding hydrogens is 1300 g/mol.